The largest absolute Gasteiger partial charge is 0.331 e. The van der Waals surface area contributed by atoms with Crippen molar-refractivity contribution in [2.24, 2.45) is 7.05 Å². The number of rotatable bonds is 6. The molecule has 4 rings (SSSR count). The topological polar surface area (TPSA) is 66.3 Å². The number of aryl methyl sites for hydroxylation is 1. The fourth-order valence-corrected chi connectivity index (χ4v) is 3.81. The highest BCUT2D eigenvalue weighted by molar-refractivity contribution is 5.94. The van der Waals surface area contributed by atoms with E-state index in [1.54, 1.807) is 6.20 Å². The monoisotopic (exact) mass is 410 g/mol. The van der Waals surface area contributed by atoms with Crippen LogP contribution in [0.25, 0.3) is 22.0 Å². The fraction of sp³-hybridized carbons (Fsp3) is 0.409. The Morgan fingerprint density at radius 1 is 1.07 bits per heavy atom. The van der Waals surface area contributed by atoms with E-state index in [0.29, 0.717) is 18.9 Å². The van der Waals surface area contributed by atoms with E-state index < -0.39 is 0 Å². The maximum Gasteiger partial charge on any atom is 0.239 e. The molecule has 0 saturated carbocycles. The highest BCUT2D eigenvalue weighted by Gasteiger charge is 2.19. The average Bonchev–Trinajstić information content (AvgIpc) is 3.07. The first-order chi connectivity index (χ1) is 14.5. The molecule has 0 atom stereocenters. The van der Waals surface area contributed by atoms with Gasteiger partial charge in [-0.3, -0.25) is 14.6 Å². The Morgan fingerprint density at radius 2 is 1.83 bits per heavy atom. The van der Waals surface area contributed by atoms with Crippen LogP contribution in [-0.4, -0.2) is 76.2 Å². The highest BCUT2D eigenvalue weighted by Crippen LogP contribution is 2.25. The molecule has 0 radical (unpaired) electrons. The molecular formula is C22H27FN6O. The number of nitrogens with one attached hydrogen (secondary N) is 1. The molecule has 1 aromatic carbocycles. The van der Waals surface area contributed by atoms with Crippen LogP contribution in [0.5, 0.6) is 0 Å². The van der Waals surface area contributed by atoms with Crippen molar-refractivity contribution < 1.29 is 9.18 Å². The van der Waals surface area contributed by atoms with Gasteiger partial charge in [0.25, 0.3) is 0 Å². The lowest BCUT2D eigenvalue weighted by Crippen LogP contribution is -2.49. The van der Waals surface area contributed by atoms with Gasteiger partial charge in [-0.2, -0.15) is 0 Å². The lowest BCUT2D eigenvalue weighted by atomic mass is 10.1. The number of piperazine rings is 1. The molecule has 1 aliphatic heterocycles. The SMILES string of the molecule is Cc1ncc(-c2ccc3cnc(NC(=O)CN4CCN(CCF)CC4)cc3c2)n1C. The normalized spacial score (nSPS) is 15.6. The number of anilines is 1. The Balaban J connectivity index is 1.43. The Bertz CT molecular complexity index is 1040. The van der Waals surface area contributed by atoms with Gasteiger partial charge in [-0.05, 0) is 24.4 Å². The summed E-state index contributed by atoms with van der Waals surface area (Å²) in [5.74, 6) is 1.42. The maximum absolute atomic E-state index is 12.5. The Hall–Kier alpha value is -2.84. The number of nitrogens with zero attached hydrogens (tertiary/aromatic N) is 5. The van der Waals surface area contributed by atoms with Crippen LogP contribution < -0.4 is 5.32 Å². The predicted molar refractivity (Wildman–Crippen MR) is 116 cm³/mol. The van der Waals surface area contributed by atoms with Gasteiger partial charge in [0, 0.05) is 56.9 Å². The number of hydrogen-bond acceptors (Lipinski definition) is 5. The lowest BCUT2D eigenvalue weighted by Gasteiger charge is -2.33. The zero-order valence-corrected chi connectivity index (χ0v) is 17.4. The van der Waals surface area contributed by atoms with Gasteiger partial charge in [-0.15, -0.1) is 0 Å². The minimum atomic E-state index is -0.323. The van der Waals surface area contributed by atoms with Gasteiger partial charge < -0.3 is 9.88 Å². The number of benzene rings is 1. The number of carbonyl (C=O) groups is 1. The molecule has 7 nitrogen and oxygen atoms in total. The molecule has 1 N–H and O–H groups in total. The predicted octanol–water partition coefficient (Wildman–Crippen LogP) is 2.47. The van der Waals surface area contributed by atoms with Gasteiger partial charge in [-0.25, -0.2) is 14.4 Å². The van der Waals surface area contributed by atoms with Crippen molar-refractivity contribution in [2.45, 2.75) is 6.92 Å². The zero-order valence-electron chi connectivity index (χ0n) is 17.4. The summed E-state index contributed by atoms with van der Waals surface area (Å²) < 4.78 is 14.5. The number of aromatic nitrogens is 3. The van der Waals surface area contributed by atoms with E-state index in [0.717, 1.165) is 54.0 Å². The molecule has 3 aromatic rings. The van der Waals surface area contributed by atoms with Crippen LogP contribution in [0.1, 0.15) is 5.82 Å². The first-order valence-electron chi connectivity index (χ1n) is 10.2. The molecule has 1 fully saturated rings. The van der Waals surface area contributed by atoms with Gasteiger partial charge in [0.15, 0.2) is 0 Å². The minimum absolute atomic E-state index is 0.0841. The van der Waals surface area contributed by atoms with E-state index in [9.17, 15) is 9.18 Å². The lowest BCUT2D eigenvalue weighted by molar-refractivity contribution is -0.117. The Labute approximate surface area is 175 Å². The number of imidazole rings is 1. The van der Waals surface area contributed by atoms with Crippen LogP contribution in [0.15, 0.2) is 36.7 Å². The van der Waals surface area contributed by atoms with Gasteiger partial charge in [-0.1, -0.05) is 12.1 Å². The molecule has 0 bridgehead atoms. The number of fused-ring (bicyclic) bond motifs is 1. The summed E-state index contributed by atoms with van der Waals surface area (Å²) in [6.45, 7) is 5.57. The van der Waals surface area contributed by atoms with Gasteiger partial charge in [0.05, 0.1) is 18.4 Å². The molecular weight excluding hydrogens is 383 g/mol. The summed E-state index contributed by atoms with van der Waals surface area (Å²) in [5, 5.41) is 4.93. The summed E-state index contributed by atoms with van der Waals surface area (Å²) in [4.78, 5) is 25.4. The third-order valence-corrected chi connectivity index (χ3v) is 5.74. The number of halogens is 1. The van der Waals surface area contributed by atoms with Crippen LogP contribution in [0.3, 0.4) is 0 Å². The molecule has 1 amide bonds. The van der Waals surface area contributed by atoms with E-state index in [1.807, 2.05) is 32.3 Å². The molecule has 1 saturated heterocycles. The summed E-state index contributed by atoms with van der Waals surface area (Å²) in [5.41, 5.74) is 2.11. The summed E-state index contributed by atoms with van der Waals surface area (Å²) in [6.07, 6.45) is 3.65. The van der Waals surface area contributed by atoms with Crippen molar-refractivity contribution in [2.75, 3.05) is 51.3 Å². The summed E-state index contributed by atoms with van der Waals surface area (Å²) in [7, 11) is 2.00. The van der Waals surface area contributed by atoms with Crippen molar-refractivity contribution in [3.63, 3.8) is 0 Å². The molecule has 2 aromatic heterocycles. The van der Waals surface area contributed by atoms with Crippen molar-refractivity contribution in [1.29, 1.82) is 0 Å². The first kappa shape index (κ1) is 20.4. The van der Waals surface area contributed by atoms with E-state index >= 15 is 0 Å². The quantitative estimate of drug-likeness (QED) is 0.676. The third kappa shape index (κ3) is 4.49. The molecule has 0 unspecified atom stereocenters. The standard InChI is InChI=1S/C22H27FN6O/c1-16-24-14-20(27(16)2)17-3-4-18-13-25-21(12-19(18)11-17)26-22(30)15-29-9-7-28(6-5-23)8-10-29/h3-4,11-14H,5-10,15H2,1-2H3,(H,25,26,30). The van der Waals surface area contributed by atoms with E-state index in [2.05, 4.69) is 41.8 Å². The number of hydrogen-bond donors (Lipinski definition) is 1. The minimum Gasteiger partial charge on any atom is -0.331 e. The van der Waals surface area contributed by atoms with E-state index in [-0.39, 0.29) is 12.6 Å². The first-order valence-corrected chi connectivity index (χ1v) is 10.2. The Kier molecular flexibility index (Phi) is 6.06. The van der Waals surface area contributed by atoms with Gasteiger partial charge in [0.1, 0.15) is 18.3 Å². The smallest absolute Gasteiger partial charge is 0.239 e. The van der Waals surface area contributed by atoms with Crippen LogP contribution in [-0.2, 0) is 11.8 Å². The van der Waals surface area contributed by atoms with E-state index in [4.69, 9.17) is 0 Å². The number of amides is 1. The van der Waals surface area contributed by atoms with E-state index in [1.165, 1.54) is 0 Å². The number of alkyl halides is 1. The highest BCUT2D eigenvalue weighted by atomic mass is 19.1. The van der Waals surface area contributed by atoms with Gasteiger partial charge in [0.2, 0.25) is 5.91 Å². The zero-order chi connectivity index (χ0) is 21.1. The average molecular weight is 410 g/mol. The molecule has 8 heteroatoms. The van der Waals surface area contributed by atoms with Crippen LogP contribution >= 0.6 is 0 Å². The Morgan fingerprint density at radius 3 is 2.53 bits per heavy atom. The van der Waals surface area contributed by atoms with Crippen LogP contribution in [0.4, 0.5) is 10.2 Å². The van der Waals surface area contributed by atoms with Crippen molar-refractivity contribution >= 4 is 22.5 Å². The fourth-order valence-electron chi connectivity index (χ4n) is 3.81. The third-order valence-electron chi connectivity index (χ3n) is 5.74. The summed E-state index contributed by atoms with van der Waals surface area (Å²) in [6, 6.07) is 8.08. The molecule has 3 heterocycles. The number of carbonyl (C=O) groups excluding carboxylic acids is 1. The number of pyridine rings is 1. The summed E-state index contributed by atoms with van der Waals surface area (Å²) >= 11 is 0. The second-order valence-corrected chi connectivity index (χ2v) is 7.74. The molecule has 1 aliphatic rings. The second-order valence-electron chi connectivity index (χ2n) is 7.74. The van der Waals surface area contributed by atoms with Crippen LogP contribution in [0, 0.1) is 6.92 Å². The molecule has 0 aliphatic carbocycles. The molecule has 0 spiro atoms. The van der Waals surface area contributed by atoms with Crippen molar-refractivity contribution in [1.82, 2.24) is 24.3 Å². The second kappa shape index (κ2) is 8.89. The van der Waals surface area contributed by atoms with Crippen molar-refractivity contribution in [3.05, 3.63) is 42.5 Å². The van der Waals surface area contributed by atoms with Gasteiger partial charge >= 0.3 is 0 Å². The van der Waals surface area contributed by atoms with Crippen molar-refractivity contribution in [3.8, 4) is 11.3 Å². The molecule has 158 valence electrons. The molecule has 30 heavy (non-hydrogen) atoms. The van der Waals surface area contributed by atoms with Crippen LogP contribution in [0.2, 0.25) is 0 Å². The maximum atomic E-state index is 12.5.